The van der Waals surface area contributed by atoms with Gasteiger partial charge in [-0.15, -0.1) is 0 Å². The van der Waals surface area contributed by atoms with Crippen molar-refractivity contribution in [2.75, 3.05) is 21.1 Å². The first-order valence-corrected chi connectivity index (χ1v) is 3.63. The van der Waals surface area contributed by atoms with Crippen LogP contribution in [0.3, 0.4) is 0 Å². The zero-order valence-electron chi connectivity index (χ0n) is 8.03. The summed E-state index contributed by atoms with van der Waals surface area (Å²) in [6.07, 6.45) is 1.23. The molecule has 64 valence electrons. The summed E-state index contributed by atoms with van der Waals surface area (Å²) in [5, 5.41) is 0. The lowest BCUT2D eigenvalue weighted by Crippen LogP contribution is -3.00. The molecule has 0 radical (unpaired) electrons. The standard InChI is InChI=1S/C8H20N.HI/c1-7-8(2,3)9(4,5)6;/h7H2,1-6H3;1H/q+1;/p-1. The van der Waals surface area contributed by atoms with Crippen molar-refractivity contribution in [3.63, 3.8) is 0 Å². The molecule has 0 aliphatic carbocycles. The van der Waals surface area contributed by atoms with Crippen LogP contribution in [0.1, 0.15) is 27.2 Å². The van der Waals surface area contributed by atoms with Crippen LogP contribution in [-0.2, 0) is 0 Å². The fourth-order valence-corrected chi connectivity index (χ4v) is 0.474. The van der Waals surface area contributed by atoms with Crippen molar-refractivity contribution in [2.45, 2.75) is 32.7 Å². The summed E-state index contributed by atoms with van der Waals surface area (Å²) in [5.41, 5.74) is 0.417. The first-order valence-electron chi connectivity index (χ1n) is 3.63. The van der Waals surface area contributed by atoms with Crippen LogP contribution in [0.15, 0.2) is 0 Å². The minimum absolute atomic E-state index is 0. The third kappa shape index (κ3) is 3.19. The predicted octanol–water partition coefficient (Wildman–Crippen LogP) is -1.11. The molecule has 2 heteroatoms. The Balaban J connectivity index is 0. The van der Waals surface area contributed by atoms with Gasteiger partial charge in [-0.25, -0.2) is 0 Å². The van der Waals surface area contributed by atoms with E-state index in [9.17, 15) is 0 Å². The molecule has 0 aromatic rings. The number of rotatable bonds is 2. The molecule has 0 aromatic heterocycles. The van der Waals surface area contributed by atoms with E-state index in [0.717, 1.165) is 4.48 Å². The first-order chi connectivity index (χ1) is 3.81. The molecule has 0 aromatic carbocycles. The molecule has 0 saturated heterocycles. The second kappa shape index (κ2) is 3.90. The van der Waals surface area contributed by atoms with E-state index >= 15 is 0 Å². The van der Waals surface area contributed by atoms with Gasteiger partial charge in [-0.1, -0.05) is 6.92 Å². The minimum Gasteiger partial charge on any atom is -1.00 e. The summed E-state index contributed by atoms with van der Waals surface area (Å²) in [6.45, 7) is 6.84. The molecule has 0 atom stereocenters. The molecule has 0 amide bonds. The SMILES string of the molecule is CCC(C)(C)[N+](C)(C)C.[I-]. The summed E-state index contributed by atoms with van der Waals surface area (Å²) in [6, 6.07) is 0. The largest absolute Gasteiger partial charge is 1.00 e. The van der Waals surface area contributed by atoms with Crippen LogP contribution < -0.4 is 24.0 Å². The molecule has 10 heavy (non-hydrogen) atoms. The maximum absolute atomic E-state index is 2.30. The highest BCUT2D eigenvalue weighted by Gasteiger charge is 2.29. The van der Waals surface area contributed by atoms with Gasteiger partial charge in [-0.3, -0.25) is 0 Å². The van der Waals surface area contributed by atoms with E-state index in [1.165, 1.54) is 6.42 Å². The zero-order chi connectivity index (χ0) is 7.71. The van der Waals surface area contributed by atoms with Crippen LogP contribution in [0.4, 0.5) is 0 Å². The van der Waals surface area contributed by atoms with Crippen molar-refractivity contribution in [1.29, 1.82) is 0 Å². The molecule has 0 bridgehead atoms. The van der Waals surface area contributed by atoms with Gasteiger partial charge in [0.1, 0.15) is 0 Å². The number of quaternary nitrogens is 1. The number of hydrogen-bond donors (Lipinski definition) is 0. The van der Waals surface area contributed by atoms with E-state index < -0.39 is 0 Å². The normalized spacial score (nSPS) is 12.6. The highest BCUT2D eigenvalue weighted by Crippen LogP contribution is 2.20. The smallest absolute Gasteiger partial charge is 0.0926 e. The Morgan fingerprint density at radius 3 is 1.40 bits per heavy atom. The Morgan fingerprint density at radius 1 is 1.10 bits per heavy atom. The molecule has 0 heterocycles. The van der Waals surface area contributed by atoms with Gasteiger partial charge >= 0.3 is 0 Å². The monoisotopic (exact) mass is 257 g/mol. The fraction of sp³-hybridized carbons (Fsp3) is 1.00. The Labute approximate surface area is 82.4 Å². The van der Waals surface area contributed by atoms with Crippen molar-refractivity contribution >= 4 is 0 Å². The topological polar surface area (TPSA) is 0 Å². The van der Waals surface area contributed by atoms with Crippen molar-refractivity contribution < 1.29 is 28.5 Å². The maximum atomic E-state index is 2.30. The van der Waals surface area contributed by atoms with Gasteiger partial charge < -0.3 is 28.5 Å². The highest BCUT2D eigenvalue weighted by molar-refractivity contribution is 4.64. The van der Waals surface area contributed by atoms with Gasteiger partial charge in [-0.05, 0) is 20.3 Å². The third-order valence-corrected chi connectivity index (χ3v) is 2.68. The zero-order valence-corrected chi connectivity index (χ0v) is 10.2. The van der Waals surface area contributed by atoms with Gasteiger partial charge in [-0.2, -0.15) is 0 Å². The Bertz CT molecular complexity index is 91.9. The lowest BCUT2D eigenvalue weighted by molar-refractivity contribution is -0.919. The molecule has 0 saturated carbocycles. The molecule has 0 N–H and O–H groups in total. The van der Waals surface area contributed by atoms with Crippen LogP contribution in [-0.4, -0.2) is 31.2 Å². The lowest BCUT2D eigenvalue weighted by atomic mass is 9.98. The predicted molar refractivity (Wildman–Crippen MR) is 42.4 cm³/mol. The summed E-state index contributed by atoms with van der Waals surface area (Å²) in [4.78, 5) is 0. The van der Waals surface area contributed by atoms with Crippen LogP contribution in [0.5, 0.6) is 0 Å². The van der Waals surface area contributed by atoms with Crippen LogP contribution in [0, 0.1) is 0 Å². The van der Waals surface area contributed by atoms with Crippen LogP contribution >= 0.6 is 0 Å². The lowest BCUT2D eigenvalue weighted by Gasteiger charge is -2.40. The Kier molecular flexibility index (Phi) is 5.19. The number of nitrogens with zero attached hydrogens (tertiary/aromatic N) is 1. The molecule has 0 aliphatic heterocycles. The van der Waals surface area contributed by atoms with Crippen molar-refractivity contribution in [3.8, 4) is 0 Å². The van der Waals surface area contributed by atoms with Gasteiger partial charge in [0.25, 0.3) is 0 Å². The summed E-state index contributed by atoms with van der Waals surface area (Å²) in [5.74, 6) is 0. The third-order valence-electron chi connectivity index (χ3n) is 2.68. The van der Waals surface area contributed by atoms with E-state index in [4.69, 9.17) is 0 Å². The quantitative estimate of drug-likeness (QED) is 0.434. The van der Waals surface area contributed by atoms with Gasteiger partial charge in [0.2, 0.25) is 0 Å². The van der Waals surface area contributed by atoms with Crippen LogP contribution in [0.25, 0.3) is 0 Å². The molecular weight excluding hydrogens is 237 g/mol. The average Bonchev–Trinajstić information content (AvgIpc) is 1.64. The molecule has 0 unspecified atom stereocenters. The van der Waals surface area contributed by atoms with Crippen molar-refractivity contribution in [2.24, 2.45) is 0 Å². The molecule has 0 aliphatic rings. The Hall–Kier alpha value is 0.690. The molecule has 0 spiro atoms. The van der Waals surface area contributed by atoms with E-state index in [-0.39, 0.29) is 24.0 Å². The molecule has 0 rings (SSSR count). The molecular formula is C8H20IN. The van der Waals surface area contributed by atoms with E-state index in [1.54, 1.807) is 0 Å². The molecule has 1 nitrogen and oxygen atoms in total. The van der Waals surface area contributed by atoms with Crippen molar-refractivity contribution in [3.05, 3.63) is 0 Å². The fourth-order valence-electron chi connectivity index (χ4n) is 0.474. The average molecular weight is 257 g/mol. The number of hydrogen-bond acceptors (Lipinski definition) is 0. The van der Waals surface area contributed by atoms with Crippen molar-refractivity contribution in [1.82, 2.24) is 0 Å². The second-order valence-corrected chi connectivity index (χ2v) is 4.18. The first kappa shape index (κ1) is 13.3. The second-order valence-electron chi connectivity index (χ2n) is 4.18. The summed E-state index contributed by atoms with van der Waals surface area (Å²) >= 11 is 0. The van der Waals surface area contributed by atoms with E-state index in [2.05, 4.69) is 41.9 Å². The minimum atomic E-state index is 0. The number of halogens is 1. The van der Waals surface area contributed by atoms with Gasteiger partial charge in [0.05, 0.1) is 26.7 Å². The Morgan fingerprint density at radius 2 is 1.40 bits per heavy atom. The van der Waals surface area contributed by atoms with E-state index in [1.807, 2.05) is 0 Å². The highest BCUT2D eigenvalue weighted by atomic mass is 127. The molecule has 0 fully saturated rings. The van der Waals surface area contributed by atoms with E-state index in [0.29, 0.717) is 5.54 Å². The summed E-state index contributed by atoms with van der Waals surface area (Å²) in [7, 11) is 6.72. The van der Waals surface area contributed by atoms with Crippen LogP contribution in [0.2, 0.25) is 0 Å². The van der Waals surface area contributed by atoms with Gasteiger partial charge in [0, 0.05) is 0 Å². The summed E-state index contributed by atoms with van der Waals surface area (Å²) < 4.78 is 1.05. The van der Waals surface area contributed by atoms with Gasteiger partial charge in [0.15, 0.2) is 0 Å². The maximum Gasteiger partial charge on any atom is 0.0926 e.